The molecule has 1 unspecified atom stereocenters. The van der Waals surface area contributed by atoms with E-state index in [-0.39, 0.29) is 18.6 Å². The van der Waals surface area contributed by atoms with E-state index in [0.29, 0.717) is 25.1 Å². The van der Waals surface area contributed by atoms with Crippen LogP contribution in [0, 0.1) is 0 Å². The second-order valence-electron chi connectivity index (χ2n) is 5.27. The van der Waals surface area contributed by atoms with Crippen LogP contribution in [0.25, 0.3) is 0 Å². The van der Waals surface area contributed by atoms with Gasteiger partial charge in [0.15, 0.2) is 10.8 Å². The van der Waals surface area contributed by atoms with Crippen molar-refractivity contribution < 1.29 is 19.1 Å². The molecule has 0 bridgehead atoms. The highest BCUT2D eigenvalue weighted by molar-refractivity contribution is 7.11. The molecule has 0 spiro atoms. The Morgan fingerprint density at radius 1 is 1.50 bits per heavy atom. The van der Waals surface area contributed by atoms with E-state index in [1.54, 1.807) is 13.1 Å². The van der Waals surface area contributed by atoms with Gasteiger partial charge in [-0.05, 0) is 6.92 Å². The molecule has 1 aromatic heterocycles. The van der Waals surface area contributed by atoms with Gasteiger partial charge in [-0.15, -0.1) is 11.3 Å². The Bertz CT molecular complexity index is 698. The number of aliphatic imine (C=N–C) groups is 1. The number of methoxy groups -OCH3 is 1. The molecule has 0 aromatic carbocycles. The smallest absolute Gasteiger partial charge is 0.407 e. The lowest BCUT2D eigenvalue weighted by Crippen LogP contribution is -2.39. The van der Waals surface area contributed by atoms with E-state index in [1.807, 2.05) is 10.3 Å². The number of alkyl carbamates (subject to hydrolysis) is 1. The molecule has 1 N–H and O–H groups in total. The van der Waals surface area contributed by atoms with Crippen molar-refractivity contribution in [1.82, 2.24) is 15.2 Å². The summed E-state index contributed by atoms with van der Waals surface area (Å²) in [6.07, 6.45) is 1.74. The number of carbonyl (C=O) groups excluding carboxylic acids is 2. The van der Waals surface area contributed by atoms with E-state index in [2.05, 4.69) is 20.0 Å². The molecule has 9 heteroatoms. The summed E-state index contributed by atoms with van der Waals surface area (Å²) in [6, 6.07) is -0.167. The van der Waals surface area contributed by atoms with E-state index in [4.69, 9.17) is 4.74 Å². The number of amides is 1. The maximum absolute atomic E-state index is 12.2. The monoisotopic (exact) mass is 350 g/mol. The normalized spacial score (nSPS) is 19.7. The number of amidine groups is 1. The van der Waals surface area contributed by atoms with Crippen molar-refractivity contribution in [2.75, 3.05) is 26.8 Å². The predicted molar refractivity (Wildman–Crippen MR) is 87.8 cm³/mol. The number of hydrogen-bond donors (Lipinski definition) is 1. The lowest BCUT2D eigenvalue weighted by Gasteiger charge is -2.26. The number of nitrogens with zero attached hydrogens (tertiary/aromatic N) is 3. The Hall–Kier alpha value is -2.42. The molecule has 1 amide bonds. The number of fused-ring (bicyclic) bond motifs is 1. The van der Waals surface area contributed by atoms with Crippen LogP contribution in [0.3, 0.4) is 0 Å². The Balaban J connectivity index is 1.89. The van der Waals surface area contributed by atoms with Crippen LogP contribution in [-0.2, 0) is 14.3 Å². The fraction of sp³-hybridized carbons (Fsp3) is 0.467. The maximum Gasteiger partial charge on any atom is 0.407 e. The Kier molecular flexibility index (Phi) is 4.79. The fourth-order valence-electron chi connectivity index (χ4n) is 2.81. The number of nitrogens with one attached hydrogen (secondary N) is 1. The molecule has 1 saturated heterocycles. The number of aromatic nitrogens is 1. The molecule has 2 aliphatic heterocycles. The summed E-state index contributed by atoms with van der Waals surface area (Å²) < 4.78 is 9.80. The molecular formula is C15H18N4O4S. The number of rotatable bonds is 4. The first-order valence-corrected chi connectivity index (χ1v) is 8.47. The van der Waals surface area contributed by atoms with Gasteiger partial charge in [0.05, 0.1) is 31.9 Å². The lowest BCUT2D eigenvalue weighted by atomic mass is 10.1. The van der Waals surface area contributed by atoms with Crippen molar-refractivity contribution in [3.05, 3.63) is 27.9 Å². The Morgan fingerprint density at radius 2 is 2.33 bits per heavy atom. The molecule has 0 saturated carbocycles. The predicted octanol–water partition coefficient (Wildman–Crippen LogP) is 1.15. The molecule has 0 radical (unpaired) electrons. The number of ether oxygens (including phenoxy) is 2. The first kappa shape index (κ1) is 16.4. The molecule has 0 aliphatic carbocycles. The van der Waals surface area contributed by atoms with Gasteiger partial charge < -0.3 is 19.7 Å². The van der Waals surface area contributed by atoms with Gasteiger partial charge in [-0.1, -0.05) is 0 Å². The Morgan fingerprint density at radius 3 is 3.00 bits per heavy atom. The molecule has 24 heavy (non-hydrogen) atoms. The third-order valence-electron chi connectivity index (χ3n) is 3.81. The number of esters is 1. The van der Waals surface area contributed by atoms with Gasteiger partial charge >= 0.3 is 12.1 Å². The number of thiazole rings is 1. The van der Waals surface area contributed by atoms with Crippen LogP contribution in [0.15, 0.2) is 27.8 Å². The molecule has 3 rings (SSSR count). The van der Waals surface area contributed by atoms with E-state index in [1.165, 1.54) is 18.4 Å². The first-order chi connectivity index (χ1) is 11.6. The first-order valence-electron chi connectivity index (χ1n) is 7.59. The van der Waals surface area contributed by atoms with Crippen LogP contribution in [-0.4, -0.2) is 60.6 Å². The van der Waals surface area contributed by atoms with Gasteiger partial charge in [0.2, 0.25) is 0 Å². The molecule has 3 heterocycles. The zero-order valence-electron chi connectivity index (χ0n) is 13.4. The molecular weight excluding hydrogens is 332 g/mol. The molecule has 1 atom stereocenters. The van der Waals surface area contributed by atoms with Crippen LogP contribution in [0.1, 0.15) is 18.4 Å². The summed E-state index contributed by atoms with van der Waals surface area (Å²) in [4.78, 5) is 34.5. The zero-order chi connectivity index (χ0) is 17.1. The lowest BCUT2D eigenvalue weighted by molar-refractivity contribution is -0.138. The largest absolute Gasteiger partial charge is 0.463 e. The number of hydrogen-bond acceptors (Lipinski definition) is 8. The van der Waals surface area contributed by atoms with Crippen molar-refractivity contribution in [2.45, 2.75) is 19.4 Å². The van der Waals surface area contributed by atoms with Gasteiger partial charge in [0.25, 0.3) is 0 Å². The molecule has 1 fully saturated rings. The van der Waals surface area contributed by atoms with Crippen LogP contribution >= 0.6 is 11.3 Å². The Labute approximate surface area is 143 Å². The summed E-state index contributed by atoms with van der Waals surface area (Å²) in [5.74, 6) is 0.361. The second-order valence-corrected chi connectivity index (χ2v) is 6.16. The number of carbonyl (C=O) groups is 2. The SMILES string of the molecule is CCOC(=O)C1=C2CC(NC(=O)OC)CN2C(c2nccs2)=NC1. The highest BCUT2D eigenvalue weighted by Gasteiger charge is 2.38. The van der Waals surface area contributed by atoms with E-state index in [9.17, 15) is 9.59 Å². The van der Waals surface area contributed by atoms with Crippen molar-refractivity contribution in [3.63, 3.8) is 0 Å². The maximum atomic E-state index is 12.2. The minimum Gasteiger partial charge on any atom is -0.463 e. The highest BCUT2D eigenvalue weighted by Crippen LogP contribution is 2.31. The summed E-state index contributed by atoms with van der Waals surface area (Å²) in [6.45, 7) is 2.84. The van der Waals surface area contributed by atoms with Crippen LogP contribution < -0.4 is 5.32 Å². The standard InChI is InChI=1S/C15H18N4O4S/c1-3-23-14(20)10-7-17-12(13-16-4-5-24-13)19-8-9(6-11(10)19)18-15(21)22-2/h4-5,9H,3,6-8H2,1-2H3,(H,18,21). The summed E-state index contributed by atoms with van der Waals surface area (Å²) in [7, 11) is 1.32. The van der Waals surface area contributed by atoms with Gasteiger partial charge in [-0.2, -0.15) is 0 Å². The molecule has 1 aromatic rings. The topological polar surface area (TPSA) is 93.1 Å². The van der Waals surface area contributed by atoms with Crippen molar-refractivity contribution in [2.24, 2.45) is 4.99 Å². The van der Waals surface area contributed by atoms with E-state index >= 15 is 0 Å². The third-order valence-corrected chi connectivity index (χ3v) is 4.58. The van der Waals surface area contributed by atoms with Gasteiger partial charge in [-0.25, -0.2) is 14.6 Å². The summed E-state index contributed by atoms with van der Waals surface area (Å²) >= 11 is 1.48. The van der Waals surface area contributed by atoms with E-state index < -0.39 is 6.09 Å². The minimum absolute atomic E-state index is 0.167. The average molecular weight is 350 g/mol. The molecule has 8 nitrogen and oxygen atoms in total. The van der Waals surface area contributed by atoms with E-state index in [0.717, 1.165) is 16.5 Å². The summed E-state index contributed by atoms with van der Waals surface area (Å²) in [5.41, 5.74) is 1.36. The summed E-state index contributed by atoms with van der Waals surface area (Å²) in [5, 5.41) is 5.44. The molecule has 128 valence electrons. The highest BCUT2D eigenvalue weighted by atomic mass is 32.1. The van der Waals surface area contributed by atoms with Crippen LogP contribution in [0.5, 0.6) is 0 Å². The van der Waals surface area contributed by atoms with Crippen molar-refractivity contribution in [3.8, 4) is 0 Å². The quantitative estimate of drug-likeness (QED) is 0.819. The van der Waals surface area contributed by atoms with Crippen molar-refractivity contribution >= 4 is 29.2 Å². The van der Waals surface area contributed by atoms with Crippen LogP contribution in [0.4, 0.5) is 4.79 Å². The van der Waals surface area contributed by atoms with Crippen LogP contribution in [0.2, 0.25) is 0 Å². The second kappa shape index (κ2) is 7.00. The zero-order valence-corrected chi connectivity index (χ0v) is 14.3. The average Bonchev–Trinajstić information content (AvgIpc) is 3.23. The van der Waals surface area contributed by atoms with Crippen molar-refractivity contribution in [1.29, 1.82) is 0 Å². The van der Waals surface area contributed by atoms with Gasteiger partial charge in [0, 0.05) is 30.2 Å². The fourth-order valence-corrected chi connectivity index (χ4v) is 3.46. The molecule has 2 aliphatic rings. The minimum atomic E-state index is -0.495. The van der Waals surface area contributed by atoms with Gasteiger partial charge in [-0.3, -0.25) is 4.99 Å². The third kappa shape index (κ3) is 3.12. The van der Waals surface area contributed by atoms with Gasteiger partial charge in [0.1, 0.15) is 0 Å².